The van der Waals surface area contributed by atoms with Crippen molar-refractivity contribution in [3.8, 4) is 11.4 Å². The van der Waals surface area contributed by atoms with Crippen LogP contribution in [0.1, 0.15) is 37.2 Å². The lowest BCUT2D eigenvalue weighted by Gasteiger charge is -2.46. The lowest BCUT2D eigenvalue weighted by Crippen LogP contribution is -2.56. The largest absolute Gasteiger partial charge is 0.423 e. The summed E-state index contributed by atoms with van der Waals surface area (Å²) >= 11 is 0. The fraction of sp³-hybridized carbons (Fsp3) is 0.455. The van der Waals surface area contributed by atoms with Crippen molar-refractivity contribution in [2.24, 2.45) is 0 Å². The quantitative estimate of drug-likeness (QED) is 0.641. The lowest BCUT2D eigenvalue weighted by molar-refractivity contribution is 0.0929. The van der Waals surface area contributed by atoms with Gasteiger partial charge < -0.3 is 24.1 Å². The highest BCUT2D eigenvalue weighted by Gasteiger charge is 2.38. The molecule has 1 saturated heterocycles. The number of anilines is 2. The van der Waals surface area contributed by atoms with Gasteiger partial charge in [0.05, 0.1) is 43.3 Å². The topological polar surface area (TPSA) is 101 Å². The number of ether oxygens (including phenoxy) is 1. The third kappa shape index (κ3) is 3.59. The van der Waals surface area contributed by atoms with Gasteiger partial charge in [-0.1, -0.05) is 13.0 Å². The van der Waals surface area contributed by atoms with E-state index in [2.05, 4.69) is 25.0 Å². The van der Waals surface area contributed by atoms with Crippen LogP contribution in [0.2, 0.25) is 0 Å². The van der Waals surface area contributed by atoms with Crippen LogP contribution in [0.25, 0.3) is 11.4 Å². The van der Waals surface area contributed by atoms with Gasteiger partial charge in [0.2, 0.25) is 11.8 Å². The number of halogens is 1. The van der Waals surface area contributed by atoms with Gasteiger partial charge in [-0.15, -0.1) is 10.2 Å². The third-order valence-corrected chi connectivity index (χ3v) is 6.03. The van der Waals surface area contributed by atoms with Gasteiger partial charge in [0.1, 0.15) is 11.9 Å². The van der Waals surface area contributed by atoms with Crippen molar-refractivity contribution in [2.45, 2.75) is 39.0 Å². The highest BCUT2D eigenvalue weighted by molar-refractivity contribution is 5.73. The number of aliphatic hydroxyl groups is 1. The number of fused-ring (bicyclic) bond motifs is 3. The molecule has 2 aromatic heterocycles. The number of morpholine rings is 1. The van der Waals surface area contributed by atoms with Gasteiger partial charge in [-0.3, -0.25) is 0 Å². The highest BCUT2D eigenvalue weighted by Crippen LogP contribution is 2.40. The number of hydrogen-bond acceptors (Lipinski definition) is 9. The van der Waals surface area contributed by atoms with Crippen LogP contribution < -0.4 is 9.80 Å². The standard InChI is InChI=1S/C22H25FN6O3/c1-3-19-26-27-22(32-19)13(2)29-10-15-12-31-7-6-28(15)21-18(29)9-24-20(25-21)16-8-14(11-30)4-5-17(16)23/h4-5,8-9,13,15,30H,3,6-7,10-12H2,1-2H3/t13?,15-/m1/s1. The van der Waals surface area contributed by atoms with Crippen LogP contribution in [0.3, 0.4) is 0 Å². The van der Waals surface area contributed by atoms with Gasteiger partial charge in [0, 0.05) is 19.5 Å². The Hall–Kier alpha value is -3.11. The Balaban J connectivity index is 1.58. The third-order valence-electron chi connectivity index (χ3n) is 6.03. The van der Waals surface area contributed by atoms with E-state index in [1.807, 2.05) is 13.8 Å². The summed E-state index contributed by atoms with van der Waals surface area (Å²) in [5.74, 6) is 1.70. The van der Waals surface area contributed by atoms with E-state index in [0.29, 0.717) is 50.1 Å². The fourth-order valence-electron chi connectivity index (χ4n) is 4.24. The van der Waals surface area contributed by atoms with Gasteiger partial charge in [0.25, 0.3) is 0 Å². The van der Waals surface area contributed by atoms with Crippen molar-refractivity contribution >= 4 is 11.5 Å². The van der Waals surface area contributed by atoms with Crippen molar-refractivity contribution in [1.82, 2.24) is 20.2 Å². The summed E-state index contributed by atoms with van der Waals surface area (Å²) in [5, 5.41) is 17.8. The van der Waals surface area contributed by atoms with Crippen LogP contribution in [-0.4, -0.2) is 57.6 Å². The molecule has 4 heterocycles. The summed E-state index contributed by atoms with van der Waals surface area (Å²) in [6.45, 7) is 6.34. The Bertz CT molecular complexity index is 1120. The number of nitrogens with zero attached hydrogens (tertiary/aromatic N) is 6. The van der Waals surface area contributed by atoms with Crippen molar-refractivity contribution in [3.63, 3.8) is 0 Å². The molecule has 0 bridgehead atoms. The van der Waals surface area contributed by atoms with Gasteiger partial charge in [0.15, 0.2) is 11.6 Å². The zero-order valence-corrected chi connectivity index (χ0v) is 18.0. The molecule has 0 spiro atoms. The molecule has 1 N–H and O–H groups in total. The maximum atomic E-state index is 14.6. The number of benzene rings is 1. The summed E-state index contributed by atoms with van der Waals surface area (Å²) in [6, 6.07) is 4.37. The molecule has 0 amide bonds. The second kappa shape index (κ2) is 8.44. The molecule has 0 saturated carbocycles. The summed E-state index contributed by atoms with van der Waals surface area (Å²) < 4.78 is 26.1. The minimum Gasteiger partial charge on any atom is -0.423 e. The molecule has 168 valence electrons. The van der Waals surface area contributed by atoms with E-state index in [1.54, 1.807) is 18.3 Å². The predicted molar refractivity (Wildman–Crippen MR) is 115 cm³/mol. The molecule has 2 aliphatic heterocycles. The molecule has 10 heteroatoms. The van der Waals surface area contributed by atoms with E-state index in [4.69, 9.17) is 14.1 Å². The minimum atomic E-state index is -0.431. The Labute approximate surface area is 184 Å². The summed E-state index contributed by atoms with van der Waals surface area (Å²) in [7, 11) is 0. The van der Waals surface area contributed by atoms with Gasteiger partial charge in [-0.25, -0.2) is 14.4 Å². The molecule has 1 aromatic carbocycles. The SMILES string of the molecule is CCc1nnc(C(C)N2C[C@@H]3COCCN3c3nc(-c4cc(CO)ccc4F)ncc32)o1. The smallest absolute Gasteiger partial charge is 0.238 e. The van der Waals surface area contributed by atoms with Gasteiger partial charge in [-0.05, 0) is 24.6 Å². The summed E-state index contributed by atoms with van der Waals surface area (Å²) in [6.07, 6.45) is 2.40. The fourth-order valence-corrected chi connectivity index (χ4v) is 4.24. The lowest BCUT2D eigenvalue weighted by atomic mass is 10.1. The van der Waals surface area contributed by atoms with E-state index >= 15 is 0 Å². The van der Waals surface area contributed by atoms with Crippen molar-refractivity contribution in [3.05, 3.63) is 47.6 Å². The molecule has 32 heavy (non-hydrogen) atoms. The summed E-state index contributed by atoms with van der Waals surface area (Å²) in [4.78, 5) is 13.6. The Morgan fingerprint density at radius 3 is 2.97 bits per heavy atom. The molecule has 2 aliphatic rings. The Morgan fingerprint density at radius 2 is 2.19 bits per heavy atom. The van der Waals surface area contributed by atoms with E-state index in [9.17, 15) is 9.50 Å². The molecular weight excluding hydrogens is 415 g/mol. The molecule has 2 atom stereocenters. The maximum Gasteiger partial charge on any atom is 0.238 e. The van der Waals surface area contributed by atoms with E-state index in [0.717, 1.165) is 11.5 Å². The molecule has 9 nitrogen and oxygen atoms in total. The number of aromatic nitrogens is 4. The summed E-state index contributed by atoms with van der Waals surface area (Å²) in [5.41, 5.74) is 1.69. The Kier molecular flexibility index (Phi) is 5.48. The number of rotatable bonds is 5. The van der Waals surface area contributed by atoms with E-state index < -0.39 is 5.82 Å². The van der Waals surface area contributed by atoms with E-state index in [-0.39, 0.29) is 30.1 Å². The van der Waals surface area contributed by atoms with Crippen molar-refractivity contribution in [2.75, 3.05) is 36.1 Å². The second-order valence-electron chi connectivity index (χ2n) is 8.01. The zero-order valence-electron chi connectivity index (χ0n) is 18.0. The second-order valence-corrected chi connectivity index (χ2v) is 8.01. The average Bonchev–Trinajstić information content (AvgIpc) is 3.32. The maximum absolute atomic E-state index is 14.6. The van der Waals surface area contributed by atoms with Crippen molar-refractivity contribution in [1.29, 1.82) is 0 Å². The van der Waals surface area contributed by atoms with Crippen LogP contribution in [-0.2, 0) is 17.8 Å². The van der Waals surface area contributed by atoms with Crippen LogP contribution in [0.15, 0.2) is 28.8 Å². The normalized spacial score (nSPS) is 18.9. The van der Waals surface area contributed by atoms with Crippen LogP contribution in [0, 0.1) is 5.82 Å². The van der Waals surface area contributed by atoms with Crippen LogP contribution in [0.5, 0.6) is 0 Å². The molecule has 0 radical (unpaired) electrons. The van der Waals surface area contributed by atoms with E-state index in [1.165, 1.54) is 6.07 Å². The first kappa shape index (κ1) is 20.8. The first-order valence-corrected chi connectivity index (χ1v) is 10.8. The molecule has 0 aliphatic carbocycles. The van der Waals surface area contributed by atoms with Crippen molar-refractivity contribution < 1.29 is 18.7 Å². The number of aryl methyl sites for hydroxylation is 1. The molecule has 5 rings (SSSR count). The number of aliphatic hydroxyl groups excluding tert-OH is 1. The number of hydrogen-bond donors (Lipinski definition) is 1. The highest BCUT2D eigenvalue weighted by atomic mass is 19.1. The molecule has 1 fully saturated rings. The first-order chi connectivity index (χ1) is 15.6. The molecule has 1 unspecified atom stereocenters. The Morgan fingerprint density at radius 1 is 1.31 bits per heavy atom. The molecular formula is C22H25FN6O3. The van der Waals surface area contributed by atoms with Gasteiger partial charge in [-0.2, -0.15) is 0 Å². The minimum absolute atomic E-state index is 0.0867. The molecule has 3 aromatic rings. The predicted octanol–water partition coefficient (Wildman–Crippen LogP) is 2.51. The monoisotopic (exact) mass is 440 g/mol. The van der Waals surface area contributed by atoms with Crippen LogP contribution in [0.4, 0.5) is 15.9 Å². The van der Waals surface area contributed by atoms with Gasteiger partial charge >= 0.3 is 0 Å². The average molecular weight is 440 g/mol. The first-order valence-electron chi connectivity index (χ1n) is 10.8. The van der Waals surface area contributed by atoms with Crippen LogP contribution >= 0.6 is 0 Å². The zero-order chi connectivity index (χ0) is 22.2.